The molecular formula is C12H20NO7P. The molecule has 0 spiro atoms. The molecule has 1 aliphatic rings. The van der Waals surface area contributed by atoms with Crippen LogP contribution in [-0.4, -0.2) is 55.3 Å². The Kier molecular flexibility index (Phi) is 6.36. The van der Waals surface area contributed by atoms with E-state index in [1.165, 1.54) is 7.11 Å². The zero-order valence-corrected chi connectivity index (χ0v) is 12.9. The molecule has 120 valence electrons. The zero-order valence-electron chi connectivity index (χ0n) is 12.0. The van der Waals surface area contributed by atoms with Gasteiger partial charge in [-0.3, -0.25) is 18.9 Å². The van der Waals surface area contributed by atoms with Crippen molar-refractivity contribution in [3.63, 3.8) is 0 Å². The average molecular weight is 321 g/mol. The lowest BCUT2D eigenvalue weighted by Crippen LogP contribution is -2.30. The summed E-state index contributed by atoms with van der Waals surface area (Å²) in [5.41, 5.74) is 0. The molecule has 0 aromatic rings. The Morgan fingerprint density at radius 2 is 2.10 bits per heavy atom. The van der Waals surface area contributed by atoms with Gasteiger partial charge in [0, 0.05) is 24.8 Å². The van der Waals surface area contributed by atoms with Crippen molar-refractivity contribution in [2.24, 2.45) is 5.92 Å². The number of nitrogens with one attached hydrogen (secondary N) is 1. The molecule has 0 aliphatic carbocycles. The van der Waals surface area contributed by atoms with Crippen LogP contribution in [0.25, 0.3) is 0 Å². The van der Waals surface area contributed by atoms with Crippen LogP contribution in [-0.2, 0) is 28.4 Å². The van der Waals surface area contributed by atoms with Crippen molar-refractivity contribution in [3.8, 4) is 0 Å². The Labute approximate surface area is 122 Å². The molecule has 0 bridgehead atoms. The molecule has 0 radical (unpaired) electrons. The van der Waals surface area contributed by atoms with Crippen LogP contribution in [0.5, 0.6) is 0 Å². The SMILES string of the molecule is COC(=O)CC(CP(=O)(O)CC1CCC(=O)N1)C(=O)OC. The van der Waals surface area contributed by atoms with Gasteiger partial charge in [-0.25, -0.2) is 0 Å². The van der Waals surface area contributed by atoms with E-state index in [0.29, 0.717) is 12.8 Å². The van der Waals surface area contributed by atoms with Crippen molar-refractivity contribution in [1.82, 2.24) is 5.32 Å². The summed E-state index contributed by atoms with van der Waals surface area (Å²) in [6, 6.07) is -0.371. The van der Waals surface area contributed by atoms with E-state index in [9.17, 15) is 23.8 Å². The number of amides is 1. The normalized spacial score (nSPS) is 22.0. The molecule has 2 N–H and O–H groups in total. The summed E-state index contributed by atoms with van der Waals surface area (Å²) < 4.78 is 21.2. The second kappa shape index (κ2) is 7.56. The highest BCUT2D eigenvalue weighted by Gasteiger charge is 2.35. The maximum absolute atomic E-state index is 12.2. The van der Waals surface area contributed by atoms with Crippen molar-refractivity contribution in [2.75, 3.05) is 26.5 Å². The Balaban J connectivity index is 2.66. The van der Waals surface area contributed by atoms with E-state index in [4.69, 9.17) is 0 Å². The molecule has 1 saturated heterocycles. The standard InChI is InChI=1S/C12H20NO7P/c1-19-11(15)5-8(12(16)20-2)6-21(17,18)7-9-3-4-10(14)13-9/h8-9H,3-7H2,1-2H3,(H,13,14)(H,17,18). The average Bonchev–Trinajstić information content (AvgIpc) is 2.80. The molecule has 8 nitrogen and oxygen atoms in total. The van der Waals surface area contributed by atoms with Gasteiger partial charge >= 0.3 is 11.9 Å². The van der Waals surface area contributed by atoms with Crippen LogP contribution in [0.4, 0.5) is 0 Å². The highest BCUT2D eigenvalue weighted by Crippen LogP contribution is 2.45. The van der Waals surface area contributed by atoms with Gasteiger partial charge in [0.25, 0.3) is 0 Å². The second-order valence-corrected chi connectivity index (χ2v) is 7.44. The summed E-state index contributed by atoms with van der Waals surface area (Å²) in [7, 11) is -1.37. The molecule has 3 unspecified atom stereocenters. The van der Waals surface area contributed by atoms with Gasteiger partial charge in [0.2, 0.25) is 13.3 Å². The molecule has 0 aromatic carbocycles. The smallest absolute Gasteiger partial charge is 0.309 e. The number of methoxy groups -OCH3 is 2. The first-order chi connectivity index (χ1) is 9.77. The van der Waals surface area contributed by atoms with E-state index in [2.05, 4.69) is 14.8 Å². The largest absolute Gasteiger partial charge is 0.469 e. The number of carbonyl (C=O) groups excluding carboxylic acids is 3. The minimum Gasteiger partial charge on any atom is -0.469 e. The predicted molar refractivity (Wildman–Crippen MR) is 72.9 cm³/mol. The highest BCUT2D eigenvalue weighted by molar-refractivity contribution is 7.58. The van der Waals surface area contributed by atoms with Crippen LogP contribution in [0.1, 0.15) is 19.3 Å². The molecule has 0 aromatic heterocycles. The first-order valence-corrected chi connectivity index (χ1v) is 8.55. The lowest BCUT2D eigenvalue weighted by Gasteiger charge is -2.20. The molecule has 21 heavy (non-hydrogen) atoms. The van der Waals surface area contributed by atoms with Gasteiger partial charge in [-0.1, -0.05) is 0 Å². The monoisotopic (exact) mass is 321 g/mol. The molecule has 3 atom stereocenters. The van der Waals surface area contributed by atoms with Gasteiger partial charge in [0.1, 0.15) is 0 Å². The second-order valence-electron chi connectivity index (χ2n) is 5.01. The number of esters is 2. The fourth-order valence-electron chi connectivity index (χ4n) is 2.25. The van der Waals surface area contributed by atoms with E-state index >= 15 is 0 Å². The lowest BCUT2D eigenvalue weighted by molar-refractivity contribution is -0.151. The maximum atomic E-state index is 12.2. The van der Waals surface area contributed by atoms with E-state index in [-0.39, 0.29) is 30.7 Å². The van der Waals surface area contributed by atoms with Crippen molar-refractivity contribution >= 4 is 25.2 Å². The maximum Gasteiger partial charge on any atom is 0.309 e. The number of carbonyl (C=O) groups is 3. The van der Waals surface area contributed by atoms with Crippen molar-refractivity contribution in [3.05, 3.63) is 0 Å². The molecule has 1 rings (SSSR count). The summed E-state index contributed by atoms with van der Waals surface area (Å²) in [5, 5.41) is 2.60. The third kappa shape index (κ3) is 5.85. The molecule has 1 fully saturated rings. The van der Waals surface area contributed by atoms with Crippen LogP contribution in [0.15, 0.2) is 0 Å². The van der Waals surface area contributed by atoms with E-state index in [0.717, 1.165) is 7.11 Å². The topological polar surface area (TPSA) is 119 Å². The van der Waals surface area contributed by atoms with Gasteiger partial charge in [0.15, 0.2) is 0 Å². The minimum absolute atomic E-state index is 0.118. The highest BCUT2D eigenvalue weighted by atomic mass is 31.2. The molecule has 1 aliphatic heterocycles. The van der Waals surface area contributed by atoms with Gasteiger partial charge < -0.3 is 19.7 Å². The van der Waals surface area contributed by atoms with Crippen LogP contribution >= 0.6 is 7.37 Å². The van der Waals surface area contributed by atoms with Gasteiger partial charge in [-0.15, -0.1) is 0 Å². The summed E-state index contributed by atoms with van der Waals surface area (Å²) >= 11 is 0. The Bertz CT molecular complexity index is 465. The Morgan fingerprint density at radius 3 is 2.57 bits per heavy atom. The molecule has 1 heterocycles. The van der Waals surface area contributed by atoms with Gasteiger partial charge in [-0.2, -0.15) is 0 Å². The number of hydrogen-bond donors (Lipinski definition) is 2. The van der Waals surface area contributed by atoms with Gasteiger partial charge in [-0.05, 0) is 6.42 Å². The molecular weight excluding hydrogens is 301 g/mol. The molecule has 9 heteroatoms. The fraction of sp³-hybridized carbons (Fsp3) is 0.750. The van der Waals surface area contributed by atoms with E-state index < -0.39 is 25.2 Å². The fourth-order valence-corrected chi connectivity index (χ4v) is 4.33. The number of ether oxygens (including phenoxy) is 2. The molecule has 0 saturated carbocycles. The summed E-state index contributed by atoms with van der Waals surface area (Å²) in [6.07, 6.45) is 0.00976. The predicted octanol–water partition coefficient (Wildman–Crippen LogP) is -0.112. The first-order valence-electron chi connectivity index (χ1n) is 6.52. The van der Waals surface area contributed by atoms with Crippen LogP contribution in [0, 0.1) is 5.92 Å². The lowest BCUT2D eigenvalue weighted by atomic mass is 10.1. The Hall–Kier alpha value is -1.40. The van der Waals surface area contributed by atoms with Crippen LogP contribution in [0.3, 0.4) is 0 Å². The van der Waals surface area contributed by atoms with E-state index in [1.807, 2.05) is 0 Å². The zero-order chi connectivity index (χ0) is 16.0. The van der Waals surface area contributed by atoms with Crippen LogP contribution < -0.4 is 5.32 Å². The third-order valence-corrected chi connectivity index (χ3v) is 5.29. The summed E-state index contributed by atoms with van der Waals surface area (Å²) in [5.74, 6) is -2.57. The molecule has 1 amide bonds. The van der Waals surface area contributed by atoms with Crippen molar-refractivity contribution < 1.29 is 33.3 Å². The van der Waals surface area contributed by atoms with Crippen molar-refractivity contribution in [1.29, 1.82) is 0 Å². The first kappa shape index (κ1) is 17.7. The summed E-state index contributed by atoms with van der Waals surface area (Å²) in [6.45, 7) is 0. The summed E-state index contributed by atoms with van der Waals surface area (Å²) in [4.78, 5) is 43.9. The quantitative estimate of drug-likeness (QED) is 0.496. The van der Waals surface area contributed by atoms with Crippen LogP contribution in [0.2, 0.25) is 0 Å². The third-order valence-electron chi connectivity index (χ3n) is 3.27. The number of hydrogen-bond acceptors (Lipinski definition) is 6. The van der Waals surface area contributed by atoms with Crippen molar-refractivity contribution in [2.45, 2.75) is 25.3 Å². The number of rotatable bonds is 7. The van der Waals surface area contributed by atoms with E-state index in [1.54, 1.807) is 0 Å². The minimum atomic E-state index is -3.68. The van der Waals surface area contributed by atoms with Gasteiger partial charge in [0.05, 0.1) is 26.6 Å². The Morgan fingerprint density at radius 1 is 1.43 bits per heavy atom.